The van der Waals surface area contributed by atoms with Crippen LogP contribution in [0.2, 0.25) is 0 Å². The number of nitrogens with zero attached hydrogens (tertiary/aromatic N) is 1. The minimum atomic E-state index is -5.65. The van der Waals surface area contributed by atoms with Crippen molar-refractivity contribution >= 4 is 33.2 Å². The van der Waals surface area contributed by atoms with Crippen molar-refractivity contribution < 1.29 is 31.2 Å². The summed E-state index contributed by atoms with van der Waals surface area (Å²) in [6.07, 6.45) is 0.875. The van der Waals surface area contributed by atoms with Crippen LogP contribution in [0.25, 0.3) is 0 Å². The van der Waals surface area contributed by atoms with Gasteiger partial charge in [-0.1, -0.05) is 0 Å². The van der Waals surface area contributed by atoms with Crippen LogP contribution < -0.4 is 9.46 Å². The summed E-state index contributed by atoms with van der Waals surface area (Å²) in [6.45, 7) is 0. The van der Waals surface area contributed by atoms with E-state index in [1.807, 2.05) is 0 Å². The van der Waals surface area contributed by atoms with E-state index in [0.717, 1.165) is 29.7 Å². The van der Waals surface area contributed by atoms with Crippen molar-refractivity contribution in [3.05, 3.63) is 28.3 Å². The van der Waals surface area contributed by atoms with Gasteiger partial charge in [-0.05, 0) is 30.4 Å². The Hall–Kier alpha value is -1.69. The third-order valence-electron chi connectivity index (χ3n) is 3.19. The molecule has 0 radical (unpaired) electrons. The zero-order valence-corrected chi connectivity index (χ0v) is 13.7. The van der Waals surface area contributed by atoms with E-state index >= 15 is 0 Å². The van der Waals surface area contributed by atoms with E-state index in [1.54, 1.807) is 11.8 Å². The van der Waals surface area contributed by atoms with E-state index in [2.05, 4.69) is 0 Å². The first-order valence-corrected chi connectivity index (χ1v) is 9.36. The fourth-order valence-electron chi connectivity index (χ4n) is 1.98. The quantitative estimate of drug-likeness (QED) is 0.617. The minimum absolute atomic E-state index is 0.297. The first-order valence-electron chi connectivity index (χ1n) is 6.72. The predicted octanol–water partition coefficient (Wildman–Crippen LogP) is 3.13. The molecule has 7 nitrogen and oxygen atoms in total. The van der Waals surface area contributed by atoms with Crippen molar-refractivity contribution in [3.63, 3.8) is 0 Å². The Bertz CT molecular complexity index is 718. The molecular weight excluding hydrogens is 373 g/mol. The summed E-state index contributed by atoms with van der Waals surface area (Å²) < 4.78 is 67.0. The largest absolute Gasteiger partial charge is 0.516 e. The van der Waals surface area contributed by atoms with E-state index < -0.39 is 31.8 Å². The number of hydrogen-bond donors (Lipinski definition) is 1. The number of nitro groups is 1. The molecule has 12 heteroatoms. The van der Waals surface area contributed by atoms with Gasteiger partial charge >= 0.3 is 15.5 Å². The third kappa shape index (κ3) is 4.44. The molecule has 1 aromatic rings. The maximum Gasteiger partial charge on any atom is 0.516 e. The van der Waals surface area contributed by atoms with Crippen LogP contribution in [0, 0.1) is 10.1 Å². The molecule has 0 saturated carbocycles. The van der Waals surface area contributed by atoms with Crippen LogP contribution >= 0.6 is 11.8 Å². The molecule has 1 fully saturated rings. The highest BCUT2D eigenvalue weighted by molar-refractivity contribution is 7.99. The number of sulfonamides is 1. The minimum Gasteiger partial charge on any atom is -0.488 e. The molecule has 24 heavy (non-hydrogen) atoms. The van der Waals surface area contributed by atoms with Gasteiger partial charge in [0.05, 0.1) is 16.7 Å². The Morgan fingerprint density at radius 2 is 1.92 bits per heavy atom. The highest BCUT2D eigenvalue weighted by atomic mass is 32.2. The Labute approximate surface area is 139 Å². The molecule has 1 aliphatic heterocycles. The first kappa shape index (κ1) is 18.6. The molecule has 0 spiro atoms. The maximum atomic E-state index is 12.5. The number of halogens is 3. The summed E-state index contributed by atoms with van der Waals surface area (Å²) >= 11 is 1.69. The van der Waals surface area contributed by atoms with Crippen molar-refractivity contribution in [1.82, 2.24) is 0 Å². The molecule has 0 bridgehead atoms. The van der Waals surface area contributed by atoms with Gasteiger partial charge in [-0.3, -0.25) is 14.8 Å². The summed E-state index contributed by atoms with van der Waals surface area (Å²) in [7, 11) is -5.65. The van der Waals surface area contributed by atoms with E-state index in [-0.39, 0.29) is 11.9 Å². The zero-order chi connectivity index (χ0) is 18.0. The highest BCUT2D eigenvalue weighted by Gasteiger charge is 2.46. The monoisotopic (exact) mass is 386 g/mol. The molecule has 0 atom stereocenters. The van der Waals surface area contributed by atoms with E-state index in [1.165, 1.54) is 4.72 Å². The fourth-order valence-corrected chi connectivity index (χ4v) is 3.62. The molecule has 1 saturated heterocycles. The van der Waals surface area contributed by atoms with Crippen LogP contribution in [0.3, 0.4) is 0 Å². The van der Waals surface area contributed by atoms with Gasteiger partial charge in [0.1, 0.15) is 6.10 Å². The van der Waals surface area contributed by atoms with Crippen LogP contribution in [0.1, 0.15) is 12.8 Å². The summed E-state index contributed by atoms with van der Waals surface area (Å²) in [5.74, 6) is 1.26. The van der Waals surface area contributed by atoms with E-state index in [9.17, 15) is 31.7 Å². The second-order valence-corrected chi connectivity index (χ2v) is 7.82. The summed E-state index contributed by atoms with van der Waals surface area (Å²) in [5.41, 5.74) is -6.41. The van der Waals surface area contributed by atoms with Crippen molar-refractivity contribution in [2.45, 2.75) is 24.5 Å². The van der Waals surface area contributed by atoms with Gasteiger partial charge in [0.25, 0.3) is 5.69 Å². The van der Waals surface area contributed by atoms with Crippen LogP contribution in [0.5, 0.6) is 5.75 Å². The second-order valence-electron chi connectivity index (χ2n) is 4.92. The fraction of sp³-hybridized carbons (Fsp3) is 0.500. The zero-order valence-electron chi connectivity index (χ0n) is 12.1. The Morgan fingerprint density at radius 1 is 1.29 bits per heavy atom. The first-order chi connectivity index (χ1) is 11.1. The standard InChI is InChI=1S/C12H13F3N2O5S2/c13-12(14,15)24(20,21)16-10-2-1-8(17(18)19)7-11(10)22-9-3-5-23-6-4-9/h1-2,7,9,16H,3-6H2. The number of benzene rings is 1. The maximum absolute atomic E-state index is 12.5. The Morgan fingerprint density at radius 3 is 2.46 bits per heavy atom. The van der Waals surface area contributed by atoms with Crippen molar-refractivity contribution in [2.75, 3.05) is 16.2 Å². The molecule has 0 aromatic heterocycles. The van der Waals surface area contributed by atoms with Crippen molar-refractivity contribution in [2.24, 2.45) is 0 Å². The number of nitrogens with one attached hydrogen (secondary N) is 1. The van der Waals surface area contributed by atoms with Crippen molar-refractivity contribution in [1.29, 1.82) is 0 Å². The van der Waals surface area contributed by atoms with Crippen LogP contribution in [0.4, 0.5) is 24.5 Å². The van der Waals surface area contributed by atoms with Gasteiger partial charge in [-0.2, -0.15) is 33.4 Å². The van der Waals surface area contributed by atoms with Crippen LogP contribution in [-0.4, -0.2) is 36.5 Å². The molecule has 1 N–H and O–H groups in total. The average molecular weight is 386 g/mol. The molecule has 134 valence electrons. The molecule has 2 rings (SSSR count). The number of rotatable bonds is 5. The Balaban J connectivity index is 2.33. The average Bonchev–Trinajstić information content (AvgIpc) is 2.48. The lowest BCUT2D eigenvalue weighted by molar-refractivity contribution is -0.384. The second kappa shape index (κ2) is 7.05. The lowest BCUT2D eigenvalue weighted by Gasteiger charge is -2.24. The number of hydrogen-bond acceptors (Lipinski definition) is 6. The summed E-state index contributed by atoms with van der Waals surface area (Å²) in [5, 5.41) is 10.8. The number of ether oxygens (including phenoxy) is 1. The van der Waals surface area contributed by atoms with Crippen LogP contribution in [0.15, 0.2) is 18.2 Å². The van der Waals surface area contributed by atoms with Gasteiger partial charge in [0.15, 0.2) is 5.75 Å². The molecule has 1 aromatic carbocycles. The smallest absolute Gasteiger partial charge is 0.488 e. The van der Waals surface area contributed by atoms with Crippen molar-refractivity contribution in [3.8, 4) is 5.75 Å². The Kier molecular flexibility index (Phi) is 5.48. The number of thioether (sulfide) groups is 1. The number of alkyl halides is 3. The number of non-ortho nitro benzene ring substituents is 1. The molecule has 0 aliphatic carbocycles. The van der Waals surface area contributed by atoms with Crippen LogP contribution in [-0.2, 0) is 10.0 Å². The SMILES string of the molecule is O=[N+]([O-])c1ccc(NS(=O)(=O)C(F)(F)F)c(OC2CCSCC2)c1. The molecular formula is C12H13F3N2O5S2. The van der Waals surface area contributed by atoms with Gasteiger partial charge < -0.3 is 4.74 Å². The summed E-state index contributed by atoms with van der Waals surface area (Å²) in [4.78, 5) is 10.1. The van der Waals surface area contributed by atoms with E-state index in [0.29, 0.717) is 12.8 Å². The predicted molar refractivity (Wildman–Crippen MR) is 82.7 cm³/mol. The highest BCUT2D eigenvalue weighted by Crippen LogP contribution is 2.35. The van der Waals surface area contributed by atoms with Gasteiger partial charge in [0.2, 0.25) is 0 Å². The third-order valence-corrected chi connectivity index (χ3v) is 5.33. The topological polar surface area (TPSA) is 98.5 Å². The van der Waals surface area contributed by atoms with E-state index in [4.69, 9.17) is 4.74 Å². The number of nitro benzene ring substituents is 1. The van der Waals surface area contributed by atoms with Gasteiger partial charge in [-0.15, -0.1) is 0 Å². The molecule has 1 aliphatic rings. The summed E-state index contributed by atoms with van der Waals surface area (Å²) in [6, 6.07) is 2.70. The lowest BCUT2D eigenvalue weighted by Crippen LogP contribution is -2.30. The number of anilines is 1. The molecule has 0 unspecified atom stereocenters. The lowest BCUT2D eigenvalue weighted by atomic mass is 10.2. The normalized spacial score (nSPS) is 16.6. The molecule has 1 heterocycles. The molecule has 0 amide bonds. The van der Waals surface area contributed by atoms with Gasteiger partial charge in [-0.25, -0.2) is 0 Å². The van der Waals surface area contributed by atoms with Gasteiger partial charge in [0, 0.05) is 6.07 Å².